The van der Waals surface area contributed by atoms with E-state index < -0.39 is 6.10 Å². The van der Waals surface area contributed by atoms with Gasteiger partial charge < -0.3 is 4.74 Å². The van der Waals surface area contributed by atoms with E-state index in [1.54, 1.807) is 49.7 Å². The van der Waals surface area contributed by atoms with Gasteiger partial charge in [0, 0.05) is 16.6 Å². The Bertz CT molecular complexity index is 910. The Balaban J connectivity index is 1.58. The van der Waals surface area contributed by atoms with Gasteiger partial charge in [0.2, 0.25) is 0 Å². The lowest BCUT2D eigenvalue weighted by atomic mass is 10.2. The molecule has 0 aliphatic heterocycles. The van der Waals surface area contributed by atoms with Gasteiger partial charge in [-0.05, 0) is 48.9 Å². The zero-order valence-electron chi connectivity index (χ0n) is 13.5. The molecule has 0 radical (unpaired) electrons. The second-order valence-corrected chi connectivity index (χ2v) is 5.84. The number of nitrogens with one attached hydrogen (secondary N) is 1. The van der Waals surface area contributed by atoms with Crippen LogP contribution in [0.2, 0.25) is 5.02 Å². The monoisotopic (exact) mass is 353 g/mol. The Labute approximate surface area is 150 Å². The quantitative estimate of drug-likeness (QED) is 0.560. The van der Waals surface area contributed by atoms with E-state index in [2.05, 4.69) is 15.5 Å². The van der Waals surface area contributed by atoms with Crippen LogP contribution in [-0.2, 0) is 4.79 Å². The number of pyridine rings is 1. The second kappa shape index (κ2) is 7.77. The van der Waals surface area contributed by atoms with Crippen LogP contribution in [0, 0.1) is 0 Å². The molecule has 1 heterocycles. The van der Waals surface area contributed by atoms with Crippen LogP contribution >= 0.6 is 11.6 Å². The molecule has 0 fully saturated rings. The average Bonchev–Trinajstić information content (AvgIpc) is 2.63. The van der Waals surface area contributed by atoms with Crippen molar-refractivity contribution in [3.63, 3.8) is 0 Å². The molecule has 2 aromatic carbocycles. The van der Waals surface area contributed by atoms with Crippen LogP contribution in [0.1, 0.15) is 12.5 Å². The lowest BCUT2D eigenvalue weighted by Crippen LogP contribution is -2.33. The van der Waals surface area contributed by atoms with Gasteiger partial charge in [-0.2, -0.15) is 5.10 Å². The summed E-state index contributed by atoms with van der Waals surface area (Å²) in [6.45, 7) is 1.67. The third-order valence-electron chi connectivity index (χ3n) is 3.51. The first-order valence-electron chi connectivity index (χ1n) is 7.72. The number of benzene rings is 2. The van der Waals surface area contributed by atoms with Gasteiger partial charge in [0.25, 0.3) is 5.91 Å². The molecule has 0 aliphatic carbocycles. The van der Waals surface area contributed by atoms with E-state index >= 15 is 0 Å². The zero-order valence-corrected chi connectivity index (χ0v) is 14.3. The summed E-state index contributed by atoms with van der Waals surface area (Å²) in [6.07, 6.45) is 2.59. The number of nitrogens with zero attached hydrogens (tertiary/aromatic N) is 2. The highest BCUT2D eigenvalue weighted by Gasteiger charge is 2.14. The molecule has 3 aromatic rings. The molecule has 126 valence electrons. The summed E-state index contributed by atoms with van der Waals surface area (Å²) in [5, 5.41) is 5.53. The highest BCUT2D eigenvalue weighted by molar-refractivity contribution is 6.30. The van der Waals surface area contributed by atoms with E-state index in [1.807, 2.05) is 24.3 Å². The maximum absolute atomic E-state index is 12.1. The Kier molecular flexibility index (Phi) is 5.26. The molecular weight excluding hydrogens is 338 g/mol. The van der Waals surface area contributed by atoms with Crippen molar-refractivity contribution in [1.82, 2.24) is 10.4 Å². The Hall–Kier alpha value is -2.92. The largest absolute Gasteiger partial charge is 0.481 e. The van der Waals surface area contributed by atoms with E-state index in [9.17, 15) is 4.79 Å². The number of fused-ring (bicyclic) bond motifs is 1. The minimum absolute atomic E-state index is 0.337. The van der Waals surface area contributed by atoms with Crippen molar-refractivity contribution >= 4 is 34.6 Å². The fourth-order valence-electron chi connectivity index (χ4n) is 2.19. The highest BCUT2D eigenvalue weighted by Crippen LogP contribution is 2.20. The van der Waals surface area contributed by atoms with Gasteiger partial charge in [-0.3, -0.25) is 9.78 Å². The molecule has 1 amide bonds. The summed E-state index contributed by atoms with van der Waals surface area (Å²) in [5.41, 5.74) is 4.17. The maximum Gasteiger partial charge on any atom is 0.280 e. The number of aromatic nitrogens is 1. The number of hydrazone groups is 1. The van der Waals surface area contributed by atoms with Crippen molar-refractivity contribution in [1.29, 1.82) is 0 Å². The summed E-state index contributed by atoms with van der Waals surface area (Å²) in [7, 11) is 0. The van der Waals surface area contributed by atoms with E-state index in [4.69, 9.17) is 16.3 Å². The number of amides is 1. The summed E-state index contributed by atoms with van der Waals surface area (Å²) in [5.74, 6) is 0.265. The predicted octanol–water partition coefficient (Wildman–Crippen LogP) is 3.81. The SMILES string of the molecule is CC(Oc1ccc2ncccc2c1)C(=O)N/N=C/c1ccc(Cl)cc1. The minimum Gasteiger partial charge on any atom is -0.481 e. The van der Waals surface area contributed by atoms with E-state index in [0.29, 0.717) is 10.8 Å². The van der Waals surface area contributed by atoms with Crippen molar-refractivity contribution in [2.24, 2.45) is 5.10 Å². The Morgan fingerprint density at radius 2 is 2.04 bits per heavy atom. The minimum atomic E-state index is -0.684. The van der Waals surface area contributed by atoms with Crippen molar-refractivity contribution < 1.29 is 9.53 Å². The molecule has 1 aromatic heterocycles. The van der Waals surface area contributed by atoms with Crippen molar-refractivity contribution in [2.75, 3.05) is 0 Å². The summed E-state index contributed by atoms with van der Waals surface area (Å²) < 4.78 is 5.67. The van der Waals surface area contributed by atoms with Crippen molar-refractivity contribution in [3.05, 3.63) is 71.4 Å². The highest BCUT2D eigenvalue weighted by atomic mass is 35.5. The zero-order chi connectivity index (χ0) is 17.6. The number of carbonyl (C=O) groups excluding carboxylic acids is 1. The molecule has 25 heavy (non-hydrogen) atoms. The summed E-state index contributed by atoms with van der Waals surface area (Å²) in [4.78, 5) is 16.3. The third-order valence-corrected chi connectivity index (χ3v) is 3.77. The average molecular weight is 354 g/mol. The topological polar surface area (TPSA) is 63.6 Å². The molecule has 1 unspecified atom stereocenters. The van der Waals surface area contributed by atoms with Crippen LogP contribution in [-0.4, -0.2) is 23.2 Å². The molecule has 0 bridgehead atoms. The molecule has 0 spiro atoms. The van der Waals surface area contributed by atoms with Crippen LogP contribution in [0.4, 0.5) is 0 Å². The summed E-state index contributed by atoms with van der Waals surface area (Å²) >= 11 is 5.82. The fraction of sp³-hybridized carbons (Fsp3) is 0.105. The lowest BCUT2D eigenvalue weighted by Gasteiger charge is -2.13. The van der Waals surface area contributed by atoms with Gasteiger partial charge in [-0.15, -0.1) is 0 Å². The Morgan fingerprint density at radius 1 is 1.24 bits per heavy atom. The number of ether oxygens (including phenoxy) is 1. The number of carbonyl (C=O) groups is 1. The first-order valence-corrected chi connectivity index (χ1v) is 8.09. The second-order valence-electron chi connectivity index (χ2n) is 5.40. The van der Waals surface area contributed by atoms with Crippen molar-refractivity contribution in [2.45, 2.75) is 13.0 Å². The van der Waals surface area contributed by atoms with Crippen LogP contribution in [0.25, 0.3) is 10.9 Å². The molecule has 1 atom stereocenters. The van der Waals surface area contributed by atoms with Gasteiger partial charge in [0.1, 0.15) is 5.75 Å². The Morgan fingerprint density at radius 3 is 2.84 bits per heavy atom. The molecule has 6 heteroatoms. The van der Waals surface area contributed by atoms with E-state index in [-0.39, 0.29) is 5.91 Å². The van der Waals surface area contributed by atoms with Gasteiger partial charge in [-0.25, -0.2) is 5.43 Å². The lowest BCUT2D eigenvalue weighted by molar-refractivity contribution is -0.127. The van der Waals surface area contributed by atoms with Crippen LogP contribution in [0.5, 0.6) is 5.75 Å². The van der Waals surface area contributed by atoms with Crippen LogP contribution in [0.3, 0.4) is 0 Å². The van der Waals surface area contributed by atoms with Gasteiger partial charge in [-0.1, -0.05) is 29.8 Å². The molecule has 1 N–H and O–H groups in total. The maximum atomic E-state index is 12.1. The van der Waals surface area contributed by atoms with Crippen molar-refractivity contribution in [3.8, 4) is 5.75 Å². The van der Waals surface area contributed by atoms with E-state index in [0.717, 1.165) is 16.5 Å². The standard InChI is InChI=1S/C19H16ClN3O2/c1-13(19(24)23-22-12-14-4-6-16(20)7-5-14)25-17-8-9-18-15(11-17)3-2-10-21-18/h2-13H,1H3,(H,23,24)/b22-12+. The third kappa shape index (κ3) is 4.55. The van der Waals surface area contributed by atoms with Gasteiger partial charge in [0.05, 0.1) is 11.7 Å². The van der Waals surface area contributed by atoms with Crippen LogP contribution in [0.15, 0.2) is 65.9 Å². The number of hydrogen-bond donors (Lipinski definition) is 1. The number of rotatable bonds is 5. The molecule has 0 saturated carbocycles. The molecule has 0 aliphatic rings. The molecular formula is C19H16ClN3O2. The smallest absolute Gasteiger partial charge is 0.280 e. The van der Waals surface area contributed by atoms with Crippen LogP contribution < -0.4 is 10.2 Å². The normalized spacial score (nSPS) is 12.2. The van der Waals surface area contributed by atoms with Gasteiger partial charge >= 0.3 is 0 Å². The molecule has 0 saturated heterocycles. The molecule has 5 nitrogen and oxygen atoms in total. The number of halogens is 1. The van der Waals surface area contributed by atoms with E-state index in [1.165, 1.54) is 0 Å². The fourth-order valence-corrected chi connectivity index (χ4v) is 2.32. The first kappa shape index (κ1) is 16.9. The summed E-state index contributed by atoms with van der Waals surface area (Å²) in [6, 6.07) is 16.4. The van der Waals surface area contributed by atoms with Gasteiger partial charge in [0.15, 0.2) is 6.10 Å². The number of hydrogen-bond acceptors (Lipinski definition) is 4. The first-order chi connectivity index (χ1) is 12.1. The molecule has 3 rings (SSSR count). The predicted molar refractivity (Wildman–Crippen MR) is 99.0 cm³/mol.